The Kier molecular flexibility index (Phi) is 1.34. The molecule has 0 N–H and O–H groups in total. The summed E-state index contributed by atoms with van der Waals surface area (Å²) in [5, 5.41) is 11.3. The van der Waals surface area contributed by atoms with E-state index >= 15 is 0 Å². The fourth-order valence-electron chi connectivity index (χ4n) is 1.64. The molecule has 1 aromatic heterocycles. The Labute approximate surface area is 65.9 Å². The Morgan fingerprint density at radius 3 is 3.09 bits per heavy atom. The quantitative estimate of drug-likeness (QED) is 0.554. The second kappa shape index (κ2) is 2.22. The molecular formula is C9H10NO. The number of hydrogen-bond acceptors (Lipinski definition) is 1. The molecule has 0 atom stereocenters. The summed E-state index contributed by atoms with van der Waals surface area (Å²) in [6, 6.07) is 1.63. The fourth-order valence-corrected chi connectivity index (χ4v) is 1.64. The molecule has 0 amide bonds. The van der Waals surface area contributed by atoms with E-state index in [0.29, 0.717) is 0 Å². The highest BCUT2D eigenvalue weighted by molar-refractivity contribution is 5.39. The zero-order valence-corrected chi connectivity index (χ0v) is 6.55. The number of hydrogen-bond donors (Lipinski definition) is 0. The van der Waals surface area contributed by atoms with E-state index in [1.54, 1.807) is 6.07 Å². The minimum absolute atomic E-state index is 0.185. The van der Waals surface area contributed by atoms with Gasteiger partial charge in [0, 0.05) is 23.0 Å². The first-order valence-corrected chi connectivity index (χ1v) is 3.94. The van der Waals surface area contributed by atoms with Crippen molar-refractivity contribution in [3.05, 3.63) is 23.0 Å². The van der Waals surface area contributed by atoms with E-state index in [0.717, 1.165) is 36.2 Å². The fraction of sp³-hybridized carbons (Fsp3) is 0.444. The van der Waals surface area contributed by atoms with Gasteiger partial charge >= 0.3 is 0 Å². The second-order valence-corrected chi connectivity index (χ2v) is 3.04. The van der Waals surface area contributed by atoms with Crippen LogP contribution in [-0.2, 0) is 17.9 Å². The van der Waals surface area contributed by atoms with E-state index in [1.807, 2.05) is 6.92 Å². The maximum Gasteiger partial charge on any atom is 0.185 e. The molecule has 1 heterocycles. The Hall–Kier alpha value is -1.05. The summed E-state index contributed by atoms with van der Waals surface area (Å²) in [5.74, 6) is 0.185. The molecule has 57 valence electrons. The SMILES string of the molecule is Cc1cc([O])c2c(n1)CCC2. The van der Waals surface area contributed by atoms with Crippen LogP contribution < -0.4 is 0 Å². The third kappa shape index (κ3) is 0.985. The average Bonchev–Trinajstić information content (AvgIpc) is 2.34. The van der Waals surface area contributed by atoms with Crippen molar-refractivity contribution in [3.63, 3.8) is 0 Å². The van der Waals surface area contributed by atoms with E-state index < -0.39 is 0 Å². The largest absolute Gasteiger partial charge is 0.290 e. The number of aromatic nitrogens is 1. The Balaban J connectivity index is 2.60. The molecular weight excluding hydrogens is 138 g/mol. The molecule has 0 saturated heterocycles. The molecule has 11 heavy (non-hydrogen) atoms. The third-order valence-corrected chi connectivity index (χ3v) is 2.14. The lowest BCUT2D eigenvalue weighted by molar-refractivity contribution is 0.349. The van der Waals surface area contributed by atoms with Crippen LogP contribution in [0, 0.1) is 6.92 Å². The summed E-state index contributed by atoms with van der Waals surface area (Å²) in [6.45, 7) is 1.88. The molecule has 2 nitrogen and oxygen atoms in total. The normalized spacial score (nSPS) is 15.0. The van der Waals surface area contributed by atoms with Crippen LogP contribution in [0.4, 0.5) is 0 Å². The summed E-state index contributed by atoms with van der Waals surface area (Å²) in [4.78, 5) is 4.31. The first-order chi connectivity index (χ1) is 5.27. The van der Waals surface area contributed by atoms with Crippen molar-refractivity contribution < 1.29 is 5.11 Å². The topological polar surface area (TPSA) is 32.8 Å². The van der Waals surface area contributed by atoms with Crippen LogP contribution in [0.15, 0.2) is 6.07 Å². The van der Waals surface area contributed by atoms with Crippen LogP contribution in [0.25, 0.3) is 0 Å². The highest BCUT2D eigenvalue weighted by Crippen LogP contribution is 2.29. The maximum absolute atomic E-state index is 11.3. The smallest absolute Gasteiger partial charge is 0.185 e. The van der Waals surface area contributed by atoms with Crippen LogP contribution in [0.5, 0.6) is 5.75 Å². The first kappa shape index (κ1) is 6.65. The minimum Gasteiger partial charge on any atom is -0.290 e. The summed E-state index contributed by atoms with van der Waals surface area (Å²) in [5.41, 5.74) is 2.85. The van der Waals surface area contributed by atoms with Gasteiger partial charge in [0.1, 0.15) is 0 Å². The van der Waals surface area contributed by atoms with Crippen molar-refractivity contribution in [2.45, 2.75) is 26.2 Å². The molecule has 0 saturated carbocycles. The zero-order chi connectivity index (χ0) is 7.84. The van der Waals surface area contributed by atoms with E-state index in [9.17, 15) is 5.11 Å². The van der Waals surface area contributed by atoms with Gasteiger partial charge < -0.3 is 0 Å². The predicted molar refractivity (Wildman–Crippen MR) is 41.1 cm³/mol. The van der Waals surface area contributed by atoms with E-state index in [2.05, 4.69) is 4.98 Å². The van der Waals surface area contributed by atoms with Gasteiger partial charge in [-0.3, -0.25) is 10.1 Å². The monoisotopic (exact) mass is 148 g/mol. The number of fused-ring (bicyclic) bond motifs is 1. The van der Waals surface area contributed by atoms with Gasteiger partial charge in [0.05, 0.1) is 0 Å². The molecule has 0 bridgehead atoms. The predicted octanol–water partition coefficient (Wildman–Crippen LogP) is 2.02. The summed E-state index contributed by atoms with van der Waals surface area (Å²) in [6.07, 6.45) is 3.02. The van der Waals surface area contributed by atoms with Crippen molar-refractivity contribution in [2.24, 2.45) is 0 Å². The van der Waals surface area contributed by atoms with Crippen LogP contribution >= 0.6 is 0 Å². The van der Waals surface area contributed by atoms with Crippen LogP contribution in [0.3, 0.4) is 0 Å². The van der Waals surface area contributed by atoms with Crippen molar-refractivity contribution >= 4 is 0 Å². The highest BCUT2D eigenvalue weighted by atomic mass is 16.3. The van der Waals surface area contributed by atoms with Crippen molar-refractivity contribution in [3.8, 4) is 5.75 Å². The Morgan fingerprint density at radius 1 is 1.45 bits per heavy atom. The molecule has 0 fully saturated rings. The van der Waals surface area contributed by atoms with Gasteiger partial charge in [-0.05, 0) is 26.2 Å². The lowest BCUT2D eigenvalue weighted by atomic mass is 10.2. The summed E-state index contributed by atoms with van der Waals surface area (Å²) in [7, 11) is 0. The molecule has 1 aliphatic carbocycles. The highest BCUT2D eigenvalue weighted by Gasteiger charge is 2.17. The van der Waals surface area contributed by atoms with Gasteiger partial charge in [-0.25, -0.2) is 0 Å². The average molecular weight is 148 g/mol. The van der Waals surface area contributed by atoms with Gasteiger partial charge in [-0.15, -0.1) is 0 Å². The molecule has 2 rings (SSSR count). The Bertz CT molecular complexity index is 294. The van der Waals surface area contributed by atoms with Crippen molar-refractivity contribution in [1.82, 2.24) is 4.98 Å². The number of rotatable bonds is 0. The molecule has 0 aliphatic heterocycles. The van der Waals surface area contributed by atoms with Crippen molar-refractivity contribution in [2.75, 3.05) is 0 Å². The minimum atomic E-state index is 0.185. The van der Waals surface area contributed by atoms with Gasteiger partial charge in [0.2, 0.25) is 0 Å². The molecule has 0 aromatic carbocycles. The van der Waals surface area contributed by atoms with Gasteiger partial charge in [0.25, 0.3) is 0 Å². The van der Waals surface area contributed by atoms with Crippen LogP contribution in [0.1, 0.15) is 23.4 Å². The number of aryl methyl sites for hydroxylation is 2. The molecule has 1 aliphatic rings. The van der Waals surface area contributed by atoms with Gasteiger partial charge in [0.15, 0.2) is 5.75 Å². The lowest BCUT2D eigenvalue weighted by Crippen LogP contribution is -1.90. The van der Waals surface area contributed by atoms with Crippen molar-refractivity contribution in [1.29, 1.82) is 0 Å². The van der Waals surface area contributed by atoms with Crippen LogP contribution in [0.2, 0.25) is 0 Å². The molecule has 1 radical (unpaired) electrons. The maximum atomic E-state index is 11.3. The third-order valence-electron chi connectivity index (χ3n) is 2.14. The standard InChI is InChI=1S/C9H10NO/c1-6-5-9(11)7-3-2-4-8(7)10-6/h5H,2-4H2,1H3. The van der Waals surface area contributed by atoms with Gasteiger partial charge in [-0.2, -0.15) is 0 Å². The first-order valence-electron chi connectivity index (χ1n) is 3.94. The number of pyridine rings is 1. The van der Waals surface area contributed by atoms with E-state index in [4.69, 9.17) is 0 Å². The molecule has 0 spiro atoms. The van der Waals surface area contributed by atoms with E-state index in [1.165, 1.54) is 0 Å². The molecule has 1 aromatic rings. The second-order valence-electron chi connectivity index (χ2n) is 3.04. The zero-order valence-electron chi connectivity index (χ0n) is 6.55. The van der Waals surface area contributed by atoms with Gasteiger partial charge in [-0.1, -0.05) is 0 Å². The molecule has 2 heteroatoms. The summed E-state index contributed by atoms with van der Waals surface area (Å²) >= 11 is 0. The van der Waals surface area contributed by atoms with Crippen LogP contribution in [-0.4, -0.2) is 4.98 Å². The van der Waals surface area contributed by atoms with E-state index in [-0.39, 0.29) is 5.75 Å². The summed E-state index contributed by atoms with van der Waals surface area (Å²) < 4.78 is 0. The lowest BCUT2D eigenvalue weighted by Gasteiger charge is -1.99. The Morgan fingerprint density at radius 2 is 2.27 bits per heavy atom. The number of nitrogens with zero attached hydrogens (tertiary/aromatic N) is 1. The molecule has 0 unspecified atom stereocenters.